The number of ether oxygens (including phenoxy) is 2. The van der Waals surface area contributed by atoms with Gasteiger partial charge in [0.1, 0.15) is 0 Å². The minimum Gasteiger partial charge on any atom is -0.451 e. The molecule has 2 rings (SSSR count). The Morgan fingerprint density at radius 2 is 2.29 bits per heavy atom. The summed E-state index contributed by atoms with van der Waals surface area (Å²) in [6.45, 7) is 1.80. The van der Waals surface area contributed by atoms with Gasteiger partial charge in [0, 0.05) is 11.4 Å². The molecule has 0 saturated heterocycles. The third-order valence-electron chi connectivity index (χ3n) is 1.87. The number of nitrogens with zero attached hydrogens (tertiary/aromatic N) is 1. The van der Waals surface area contributed by atoms with Crippen LogP contribution in [0.3, 0.4) is 0 Å². The first-order chi connectivity index (χ1) is 6.72. The molecule has 0 saturated carbocycles. The minimum absolute atomic E-state index is 0.301. The van der Waals surface area contributed by atoms with Gasteiger partial charge in [0.05, 0.1) is 11.8 Å². The van der Waals surface area contributed by atoms with Gasteiger partial charge in [-0.3, -0.25) is 0 Å². The lowest BCUT2D eigenvalue weighted by molar-refractivity contribution is 0.0677. The summed E-state index contributed by atoms with van der Waals surface area (Å²) in [6.07, 6.45) is 1.01. The van der Waals surface area contributed by atoms with Crippen LogP contribution in [0, 0.1) is 0 Å². The quantitative estimate of drug-likeness (QED) is 0.478. The molecule has 0 aromatic heterocycles. The molecule has 0 bridgehead atoms. The first-order valence-corrected chi connectivity index (χ1v) is 4.85. The van der Waals surface area contributed by atoms with Crippen molar-refractivity contribution in [2.45, 2.75) is 13.2 Å². The largest absolute Gasteiger partial charge is 0.451 e. The first-order valence-electron chi connectivity index (χ1n) is 4.05. The van der Waals surface area contributed by atoms with E-state index in [4.69, 9.17) is 14.7 Å². The van der Waals surface area contributed by atoms with Crippen molar-refractivity contribution < 1.29 is 14.7 Å². The van der Waals surface area contributed by atoms with Gasteiger partial charge in [0.15, 0.2) is 11.5 Å². The van der Waals surface area contributed by atoms with Gasteiger partial charge in [-0.25, -0.2) is 0 Å². The molecular weight excluding hydrogens is 250 g/mol. The normalized spacial score (nSPS) is 19.1. The number of rotatable bonds is 1. The zero-order valence-electron chi connectivity index (χ0n) is 7.40. The van der Waals surface area contributed by atoms with Crippen LogP contribution in [0.4, 0.5) is 0 Å². The highest BCUT2D eigenvalue weighted by Crippen LogP contribution is 2.40. The molecule has 1 aliphatic heterocycles. The average molecular weight is 258 g/mol. The molecule has 4 nitrogen and oxygen atoms in total. The van der Waals surface area contributed by atoms with Crippen LogP contribution in [0.1, 0.15) is 12.5 Å². The fourth-order valence-electron chi connectivity index (χ4n) is 1.32. The zero-order chi connectivity index (χ0) is 10.1. The Morgan fingerprint density at radius 1 is 1.50 bits per heavy atom. The van der Waals surface area contributed by atoms with Crippen LogP contribution in [0.2, 0.25) is 0 Å². The molecule has 1 heterocycles. The van der Waals surface area contributed by atoms with Crippen molar-refractivity contribution in [3.05, 3.63) is 22.2 Å². The smallest absolute Gasteiger partial charge is 0.238 e. The standard InChI is InChI=1S/C9H8BrNO3/c1-5-13-8-3-2-7(10)6(4-11-12)9(8)14-5/h2-5,12H,1H3/b11-4+. The molecule has 1 atom stereocenters. The van der Waals surface area contributed by atoms with E-state index in [0.29, 0.717) is 17.1 Å². The summed E-state index contributed by atoms with van der Waals surface area (Å²) in [5, 5.41) is 11.5. The lowest BCUT2D eigenvalue weighted by Crippen LogP contribution is -2.11. The summed E-state index contributed by atoms with van der Waals surface area (Å²) >= 11 is 3.33. The Balaban J connectivity index is 2.54. The molecule has 1 aliphatic rings. The third kappa shape index (κ3) is 1.43. The summed E-state index contributed by atoms with van der Waals surface area (Å²) in [5.41, 5.74) is 0.675. The Labute approximate surface area is 89.3 Å². The SMILES string of the molecule is CC1Oc2ccc(Br)c(/C=N/O)c2O1. The molecule has 1 N–H and O–H groups in total. The summed E-state index contributed by atoms with van der Waals surface area (Å²) in [7, 11) is 0. The molecule has 0 fully saturated rings. The monoisotopic (exact) mass is 257 g/mol. The molecular formula is C9H8BrNO3. The van der Waals surface area contributed by atoms with Crippen LogP contribution in [-0.2, 0) is 0 Å². The Kier molecular flexibility index (Phi) is 2.33. The van der Waals surface area contributed by atoms with Gasteiger partial charge in [-0.2, -0.15) is 0 Å². The summed E-state index contributed by atoms with van der Waals surface area (Å²) in [5.74, 6) is 1.26. The maximum absolute atomic E-state index is 8.49. The number of hydrogen-bond acceptors (Lipinski definition) is 4. The van der Waals surface area contributed by atoms with E-state index in [2.05, 4.69) is 21.1 Å². The third-order valence-corrected chi connectivity index (χ3v) is 2.56. The van der Waals surface area contributed by atoms with Crippen molar-refractivity contribution in [1.29, 1.82) is 0 Å². The van der Waals surface area contributed by atoms with Crippen LogP contribution in [-0.4, -0.2) is 17.7 Å². The molecule has 74 valence electrons. The lowest BCUT2D eigenvalue weighted by Gasteiger charge is -2.03. The van der Waals surface area contributed by atoms with Crippen LogP contribution in [0.15, 0.2) is 21.8 Å². The second-order valence-corrected chi connectivity index (χ2v) is 3.69. The van der Waals surface area contributed by atoms with Gasteiger partial charge in [0.2, 0.25) is 6.29 Å². The predicted molar refractivity (Wildman–Crippen MR) is 54.2 cm³/mol. The van der Waals surface area contributed by atoms with Crippen molar-refractivity contribution >= 4 is 22.1 Å². The number of oxime groups is 1. The van der Waals surface area contributed by atoms with Crippen LogP contribution >= 0.6 is 15.9 Å². The molecule has 1 aromatic rings. The van der Waals surface area contributed by atoms with Gasteiger partial charge in [-0.1, -0.05) is 5.16 Å². The molecule has 5 heteroatoms. The van der Waals surface area contributed by atoms with Crippen LogP contribution in [0.25, 0.3) is 0 Å². The van der Waals surface area contributed by atoms with Crippen molar-refractivity contribution in [2.75, 3.05) is 0 Å². The maximum atomic E-state index is 8.49. The number of halogens is 1. The predicted octanol–water partition coefficient (Wildman–Crippen LogP) is 2.37. The van der Waals surface area contributed by atoms with Crippen LogP contribution in [0.5, 0.6) is 11.5 Å². The summed E-state index contributed by atoms with van der Waals surface area (Å²) in [6, 6.07) is 3.62. The van der Waals surface area contributed by atoms with Crippen molar-refractivity contribution in [1.82, 2.24) is 0 Å². The van der Waals surface area contributed by atoms with Gasteiger partial charge < -0.3 is 14.7 Å². The molecule has 14 heavy (non-hydrogen) atoms. The van der Waals surface area contributed by atoms with Gasteiger partial charge >= 0.3 is 0 Å². The summed E-state index contributed by atoms with van der Waals surface area (Å²) < 4.78 is 11.6. The average Bonchev–Trinajstić information content (AvgIpc) is 2.51. The highest BCUT2D eigenvalue weighted by molar-refractivity contribution is 9.10. The van der Waals surface area contributed by atoms with Gasteiger partial charge in [0.25, 0.3) is 0 Å². The van der Waals surface area contributed by atoms with Crippen molar-refractivity contribution in [3.8, 4) is 11.5 Å². The van der Waals surface area contributed by atoms with E-state index in [9.17, 15) is 0 Å². The van der Waals surface area contributed by atoms with Crippen molar-refractivity contribution in [2.24, 2.45) is 5.16 Å². The second kappa shape index (κ2) is 3.49. The first kappa shape index (κ1) is 9.33. The lowest BCUT2D eigenvalue weighted by atomic mass is 10.2. The fraction of sp³-hybridized carbons (Fsp3) is 0.222. The Morgan fingerprint density at radius 3 is 3.00 bits per heavy atom. The van der Waals surface area contributed by atoms with E-state index in [0.717, 1.165) is 4.47 Å². The minimum atomic E-state index is -0.301. The molecule has 1 aromatic carbocycles. The number of hydrogen-bond donors (Lipinski definition) is 1. The van der Waals surface area contributed by atoms with Crippen molar-refractivity contribution in [3.63, 3.8) is 0 Å². The number of benzene rings is 1. The highest BCUT2D eigenvalue weighted by Gasteiger charge is 2.24. The Bertz CT molecular complexity index is 392. The topological polar surface area (TPSA) is 51.0 Å². The number of fused-ring (bicyclic) bond motifs is 1. The van der Waals surface area contributed by atoms with Crippen LogP contribution < -0.4 is 9.47 Å². The molecule has 1 unspecified atom stereocenters. The van der Waals surface area contributed by atoms with E-state index >= 15 is 0 Å². The van der Waals surface area contributed by atoms with E-state index in [-0.39, 0.29) is 6.29 Å². The second-order valence-electron chi connectivity index (χ2n) is 2.84. The maximum Gasteiger partial charge on any atom is 0.238 e. The fourth-order valence-corrected chi connectivity index (χ4v) is 1.73. The van der Waals surface area contributed by atoms with E-state index < -0.39 is 0 Å². The van der Waals surface area contributed by atoms with E-state index in [1.807, 2.05) is 6.07 Å². The van der Waals surface area contributed by atoms with E-state index in [1.54, 1.807) is 13.0 Å². The molecule has 0 amide bonds. The highest BCUT2D eigenvalue weighted by atomic mass is 79.9. The van der Waals surface area contributed by atoms with Gasteiger partial charge in [-0.05, 0) is 28.1 Å². The van der Waals surface area contributed by atoms with E-state index in [1.165, 1.54) is 6.21 Å². The van der Waals surface area contributed by atoms with Gasteiger partial charge in [-0.15, -0.1) is 0 Å². The molecule has 0 radical (unpaired) electrons. The molecule has 0 spiro atoms. The molecule has 0 aliphatic carbocycles. The Hall–Kier alpha value is -1.23. The summed E-state index contributed by atoms with van der Waals surface area (Å²) in [4.78, 5) is 0. The zero-order valence-corrected chi connectivity index (χ0v) is 8.98.